The van der Waals surface area contributed by atoms with Crippen LogP contribution in [0.25, 0.3) is 0 Å². The Morgan fingerprint density at radius 3 is 1.03 bits per heavy atom. The molecule has 2 aliphatic rings. The summed E-state index contributed by atoms with van der Waals surface area (Å²) in [5.41, 5.74) is 3.07. The molecular weight excluding hydrogens is 408 g/mol. The van der Waals surface area contributed by atoms with Crippen molar-refractivity contribution in [1.29, 1.82) is 0 Å². The second kappa shape index (κ2) is 7.66. The first-order valence-electron chi connectivity index (χ1n) is 10.0. The molecule has 3 aromatic carbocycles. The number of hydrogen-bond donors (Lipinski definition) is 2. The Kier molecular flexibility index (Phi) is 4.67. The lowest BCUT2D eigenvalue weighted by Gasteiger charge is -2.17. The monoisotopic (exact) mass is 426 g/mol. The molecule has 8 nitrogen and oxygen atoms in total. The number of hydrogen-bond acceptors (Lipinski definition) is 6. The summed E-state index contributed by atoms with van der Waals surface area (Å²) in [4.78, 5) is 52.0. The van der Waals surface area contributed by atoms with Gasteiger partial charge in [0.05, 0.1) is 35.6 Å². The molecule has 32 heavy (non-hydrogen) atoms. The lowest BCUT2D eigenvalue weighted by Crippen LogP contribution is -2.34. The molecule has 0 bridgehead atoms. The SMILES string of the molecule is O=C1c2ccccc2C(=O)N1CNc1ccc(NCN2C(=O)c3ccccc3C2=O)cc1. The molecule has 0 aliphatic carbocycles. The van der Waals surface area contributed by atoms with Crippen LogP contribution in [0.4, 0.5) is 11.4 Å². The summed E-state index contributed by atoms with van der Waals surface area (Å²) in [7, 11) is 0. The Morgan fingerprint density at radius 1 is 0.469 bits per heavy atom. The van der Waals surface area contributed by atoms with Crippen molar-refractivity contribution in [2.75, 3.05) is 24.0 Å². The van der Waals surface area contributed by atoms with Crippen LogP contribution < -0.4 is 10.6 Å². The van der Waals surface area contributed by atoms with Crippen LogP contribution in [0.1, 0.15) is 41.4 Å². The van der Waals surface area contributed by atoms with E-state index in [1.54, 1.807) is 72.8 Å². The van der Waals surface area contributed by atoms with Crippen LogP contribution in [-0.4, -0.2) is 46.8 Å². The van der Waals surface area contributed by atoms with Gasteiger partial charge in [-0.25, -0.2) is 0 Å². The zero-order valence-corrected chi connectivity index (χ0v) is 16.9. The van der Waals surface area contributed by atoms with Crippen molar-refractivity contribution in [1.82, 2.24) is 9.80 Å². The Labute approximate surface area is 183 Å². The highest BCUT2D eigenvalue weighted by Gasteiger charge is 2.35. The standard InChI is InChI=1S/C24H18N4O4/c29-21-17-5-1-2-6-18(17)22(30)27(21)13-25-15-9-11-16(12-10-15)26-14-28-23(31)19-7-3-4-8-20(19)24(28)32/h1-12,25-26H,13-14H2. The molecule has 0 atom stereocenters. The van der Waals surface area contributed by atoms with E-state index in [1.807, 2.05) is 0 Å². The van der Waals surface area contributed by atoms with Crippen LogP contribution in [0.5, 0.6) is 0 Å². The van der Waals surface area contributed by atoms with Crippen LogP contribution in [-0.2, 0) is 0 Å². The predicted molar refractivity (Wildman–Crippen MR) is 117 cm³/mol. The second-order valence-corrected chi connectivity index (χ2v) is 7.41. The third-order valence-corrected chi connectivity index (χ3v) is 5.52. The average molecular weight is 426 g/mol. The molecule has 5 rings (SSSR count). The van der Waals surface area contributed by atoms with Gasteiger partial charge in [0.2, 0.25) is 0 Å². The van der Waals surface area contributed by atoms with E-state index < -0.39 is 0 Å². The van der Waals surface area contributed by atoms with Crippen LogP contribution in [0.3, 0.4) is 0 Å². The van der Waals surface area contributed by atoms with Gasteiger partial charge in [-0.05, 0) is 48.5 Å². The van der Waals surface area contributed by atoms with E-state index in [1.165, 1.54) is 9.80 Å². The first-order valence-corrected chi connectivity index (χ1v) is 10.0. The van der Waals surface area contributed by atoms with E-state index in [9.17, 15) is 19.2 Å². The van der Waals surface area contributed by atoms with Gasteiger partial charge in [0.1, 0.15) is 0 Å². The highest BCUT2D eigenvalue weighted by Crippen LogP contribution is 2.24. The van der Waals surface area contributed by atoms with E-state index in [-0.39, 0.29) is 37.0 Å². The summed E-state index contributed by atoms with van der Waals surface area (Å²) >= 11 is 0. The molecule has 8 heteroatoms. The van der Waals surface area contributed by atoms with Gasteiger partial charge >= 0.3 is 0 Å². The molecule has 0 saturated heterocycles. The number of fused-ring (bicyclic) bond motifs is 2. The maximum atomic E-state index is 12.4. The average Bonchev–Trinajstić information content (AvgIpc) is 3.22. The molecule has 2 N–H and O–H groups in total. The number of imide groups is 2. The van der Waals surface area contributed by atoms with Crippen LogP contribution in [0.15, 0.2) is 72.8 Å². The number of rotatable bonds is 6. The first-order chi connectivity index (χ1) is 15.5. The minimum absolute atomic E-state index is 0.0498. The van der Waals surface area contributed by atoms with Gasteiger partial charge < -0.3 is 10.6 Å². The zero-order chi connectivity index (χ0) is 22.2. The molecule has 158 valence electrons. The molecule has 0 aromatic heterocycles. The van der Waals surface area contributed by atoms with Crippen LogP contribution >= 0.6 is 0 Å². The molecule has 0 unspecified atom stereocenters. The van der Waals surface area contributed by atoms with Crippen molar-refractivity contribution >= 4 is 35.0 Å². The Bertz CT molecular complexity index is 1100. The van der Waals surface area contributed by atoms with Gasteiger partial charge in [-0.3, -0.25) is 29.0 Å². The Balaban J connectivity index is 1.18. The summed E-state index contributed by atoms with van der Waals surface area (Å²) in [6.07, 6.45) is 0. The predicted octanol–water partition coefficient (Wildman–Crippen LogP) is 3.02. The molecule has 2 heterocycles. The minimum Gasteiger partial charge on any atom is -0.367 e. The van der Waals surface area contributed by atoms with Crippen molar-refractivity contribution in [3.05, 3.63) is 95.1 Å². The maximum Gasteiger partial charge on any atom is 0.263 e. The van der Waals surface area contributed by atoms with Gasteiger partial charge in [0.25, 0.3) is 23.6 Å². The summed E-state index contributed by atoms with van der Waals surface area (Å²) < 4.78 is 0. The maximum absolute atomic E-state index is 12.4. The fourth-order valence-electron chi connectivity index (χ4n) is 3.81. The summed E-state index contributed by atoms with van der Waals surface area (Å²) in [5.74, 6) is -1.29. The number of nitrogens with one attached hydrogen (secondary N) is 2. The van der Waals surface area contributed by atoms with Crippen LogP contribution in [0, 0.1) is 0 Å². The summed E-state index contributed by atoms with van der Waals surface area (Å²) in [6.45, 7) is 0.0995. The fourth-order valence-corrected chi connectivity index (χ4v) is 3.81. The van der Waals surface area contributed by atoms with Crippen LogP contribution in [0.2, 0.25) is 0 Å². The number of benzene rings is 3. The number of amides is 4. The van der Waals surface area contributed by atoms with Gasteiger partial charge in [-0.15, -0.1) is 0 Å². The van der Waals surface area contributed by atoms with E-state index in [0.29, 0.717) is 33.6 Å². The smallest absolute Gasteiger partial charge is 0.263 e. The molecule has 0 saturated carbocycles. The van der Waals surface area contributed by atoms with Crippen molar-refractivity contribution in [3.63, 3.8) is 0 Å². The van der Waals surface area contributed by atoms with Crippen molar-refractivity contribution in [3.8, 4) is 0 Å². The molecular formula is C24H18N4O4. The zero-order valence-electron chi connectivity index (χ0n) is 16.9. The molecule has 0 radical (unpaired) electrons. The number of anilines is 2. The Hall–Kier alpha value is -4.46. The summed E-state index contributed by atoms with van der Waals surface area (Å²) in [5, 5.41) is 6.14. The van der Waals surface area contributed by atoms with E-state index in [4.69, 9.17) is 0 Å². The molecule has 4 amide bonds. The van der Waals surface area contributed by atoms with Crippen molar-refractivity contribution < 1.29 is 19.2 Å². The van der Waals surface area contributed by atoms with Crippen molar-refractivity contribution in [2.24, 2.45) is 0 Å². The highest BCUT2D eigenvalue weighted by molar-refractivity contribution is 6.22. The number of carbonyl (C=O) groups excluding carboxylic acids is 4. The number of carbonyl (C=O) groups is 4. The Morgan fingerprint density at radius 2 is 0.750 bits per heavy atom. The normalized spacial score (nSPS) is 14.6. The van der Waals surface area contributed by atoms with Gasteiger partial charge in [-0.1, -0.05) is 24.3 Å². The lowest BCUT2D eigenvalue weighted by molar-refractivity contribution is 0.0650. The molecule has 2 aliphatic heterocycles. The summed E-state index contributed by atoms with van der Waals surface area (Å²) in [6, 6.07) is 20.6. The van der Waals surface area contributed by atoms with E-state index >= 15 is 0 Å². The number of nitrogens with zero attached hydrogens (tertiary/aromatic N) is 2. The highest BCUT2D eigenvalue weighted by atomic mass is 16.2. The molecule has 3 aromatic rings. The van der Waals surface area contributed by atoms with Crippen molar-refractivity contribution in [2.45, 2.75) is 0 Å². The fraction of sp³-hybridized carbons (Fsp3) is 0.0833. The minimum atomic E-state index is -0.322. The third-order valence-electron chi connectivity index (χ3n) is 5.52. The van der Waals surface area contributed by atoms with E-state index in [0.717, 1.165) is 0 Å². The topological polar surface area (TPSA) is 98.8 Å². The first kappa shape index (κ1) is 19.5. The lowest BCUT2D eigenvalue weighted by atomic mass is 10.1. The van der Waals surface area contributed by atoms with E-state index in [2.05, 4.69) is 10.6 Å². The second-order valence-electron chi connectivity index (χ2n) is 7.41. The van der Waals surface area contributed by atoms with Gasteiger partial charge in [0, 0.05) is 11.4 Å². The largest absolute Gasteiger partial charge is 0.367 e. The molecule has 0 fully saturated rings. The molecule has 0 spiro atoms. The quantitative estimate of drug-likeness (QED) is 0.588. The third kappa shape index (κ3) is 3.18. The van der Waals surface area contributed by atoms with Gasteiger partial charge in [-0.2, -0.15) is 0 Å². The van der Waals surface area contributed by atoms with Gasteiger partial charge in [0.15, 0.2) is 0 Å².